The third kappa shape index (κ3) is 3.67. The third-order valence-electron chi connectivity index (χ3n) is 4.20. The summed E-state index contributed by atoms with van der Waals surface area (Å²) in [6.07, 6.45) is 2.30. The minimum Gasteiger partial charge on any atom is -0.302 e. The van der Waals surface area contributed by atoms with Gasteiger partial charge in [-0.3, -0.25) is 0 Å². The van der Waals surface area contributed by atoms with Crippen LogP contribution < -0.4 is 0 Å². The lowest BCUT2D eigenvalue weighted by Gasteiger charge is -2.16. The van der Waals surface area contributed by atoms with Crippen molar-refractivity contribution in [2.75, 3.05) is 19.6 Å². The molecule has 2 aromatic rings. The van der Waals surface area contributed by atoms with Gasteiger partial charge in [-0.2, -0.15) is 0 Å². The van der Waals surface area contributed by atoms with Crippen molar-refractivity contribution in [3.8, 4) is 0 Å². The molecule has 1 aromatic heterocycles. The summed E-state index contributed by atoms with van der Waals surface area (Å²) in [4.78, 5) is 11.8. The molecular weight excluding hydrogens is 258 g/mol. The van der Waals surface area contributed by atoms with Crippen LogP contribution >= 0.6 is 0 Å². The fourth-order valence-corrected chi connectivity index (χ4v) is 3.11. The highest BCUT2D eigenvalue weighted by atomic mass is 15.1. The van der Waals surface area contributed by atoms with E-state index < -0.39 is 0 Å². The van der Waals surface area contributed by atoms with Gasteiger partial charge in [-0.15, -0.1) is 0 Å². The molecule has 21 heavy (non-hydrogen) atoms. The lowest BCUT2D eigenvalue weighted by molar-refractivity contribution is 0.337. The molecule has 0 radical (unpaired) electrons. The van der Waals surface area contributed by atoms with E-state index in [9.17, 15) is 0 Å². The normalized spacial score (nSPS) is 19.0. The molecule has 1 aromatic carbocycles. The molecule has 1 saturated heterocycles. The lowest BCUT2D eigenvalue weighted by Crippen LogP contribution is -2.23. The number of aryl methyl sites for hydroxylation is 2. The van der Waals surface area contributed by atoms with Crippen LogP contribution in [0.15, 0.2) is 36.4 Å². The maximum Gasteiger partial charge on any atom is 0.133 e. The second-order valence-corrected chi connectivity index (χ2v) is 6.03. The van der Waals surface area contributed by atoms with Crippen molar-refractivity contribution in [2.24, 2.45) is 0 Å². The van der Waals surface area contributed by atoms with Gasteiger partial charge in [0.15, 0.2) is 0 Å². The van der Waals surface area contributed by atoms with Crippen molar-refractivity contribution >= 4 is 0 Å². The summed E-state index contributed by atoms with van der Waals surface area (Å²) < 4.78 is 0. The summed E-state index contributed by atoms with van der Waals surface area (Å²) in [5.74, 6) is 1.54. The van der Waals surface area contributed by atoms with E-state index in [-0.39, 0.29) is 0 Å². The second-order valence-electron chi connectivity index (χ2n) is 6.03. The van der Waals surface area contributed by atoms with Crippen molar-refractivity contribution < 1.29 is 0 Å². The zero-order valence-corrected chi connectivity index (χ0v) is 12.9. The van der Waals surface area contributed by atoms with E-state index in [1.165, 1.54) is 12.0 Å². The molecule has 1 fully saturated rings. The van der Waals surface area contributed by atoms with Gasteiger partial charge in [0, 0.05) is 30.4 Å². The number of hydrogen-bond donors (Lipinski definition) is 0. The Bertz CT molecular complexity index is 574. The van der Waals surface area contributed by atoms with Crippen molar-refractivity contribution in [3.05, 3.63) is 59.2 Å². The van der Waals surface area contributed by atoms with Gasteiger partial charge >= 0.3 is 0 Å². The Morgan fingerprint density at radius 3 is 2.52 bits per heavy atom. The largest absolute Gasteiger partial charge is 0.302 e. The Labute approximate surface area is 127 Å². The van der Waals surface area contributed by atoms with Crippen molar-refractivity contribution in [1.29, 1.82) is 0 Å². The first-order chi connectivity index (χ1) is 10.2. The van der Waals surface area contributed by atoms with Crippen molar-refractivity contribution in [3.63, 3.8) is 0 Å². The quantitative estimate of drug-likeness (QED) is 0.862. The molecule has 0 saturated carbocycles. The fourth-order valence-electron chi connectivity index (χ4n) is 3.11. The molecular formula is C18H23N3. The predicted octanol–water partition coefficient (Wildman–Crippen LogP) is 3.13. The molecule has 110 valence electrons. The fraction of sp³-hybridized carbons (Fsp3) is 0.444. The third-order valence-corrected chi connectivity index (χ3v) is 4.20. The van der Waals surface area contributed by atoms with E-state index in [0.717, 1.165) is 43.3 Å². The molecule has 1 atom stereocenters. The summed E-state index contributed by atoms with van der Waals surface area (Å²) in [7, 11) is 0. The molecule has 0 bridgehead atoms. The first-order valence-electron chi connectivity index (χ1n) is 7.79. The number of hydrogen-bond acceptors (Lipinski definition) is 3. The van der Waals surface area contributed by atoms with E-state index >= 15 is 0 Å². The Morgan fingerprint density at radius 1 is 1.10 bits per heavy atom. The lowest BCUT2D eigenvalue weighted by atomic mass is 10.1. The Balaban J connectivity index is 1.58. The van der Waals surface area contributed by atoms with Gasteiger partial charge in [0.05, 0.1) is 0 Å². The van der Waals surface area contributed by atoms with Crippen LogP contribution in [-0.2, 0) is 6.42 Å². The first kappa shape index (κ1) is 14.2. The van der Waals surface area contributed by atoms with Crippen molar-refractivity contribution in [1.82, 2.24) is 14.9 Å². The second kappa shape index (κ2) is 6.35. The standard InChI is InChI=1S/C18H23N3/c1-14-12-15(2)20-18(19-14)17-9-11-21(13-17)10-8-16-6-4-3-5-7-16/h3-7,12,17H,8-11,13H2,1-2H3. The van der Waals surface area contributed by atoms with E-state index in [1.54, 1.807) is 0 Å². The Kier molecular flexibility index (Phi) is 4.30. The van der Waals surface area contributed by atoms with Crippen LogP contribution in [0.3, 0.4) is 0 Å². The van der Waals surface area contributed by atoms with Crippen LogP contribution in [-0.4, -0.2) is 34.5 Å². The highest BCUT2D eigenvalue weighted by Crippen LogP contribution is 2.25. The van der Waals surface area contributed by atoms with Gasteiger partial charge in [-0.1, -0.05) is 30.3 Å². The van der Waals surface area contributed by atoms with Crippen LogP contribution in [0, 0.1) is 13.8 Å². The minimum atomic E-state index is 0.499. The van der Waals surface area contributed by atoms with Crippen LogP contribution in [0.4, 0.5) is 0 Å². The molecule has 1 unspecified atom stereocenters. The average molecular weight is 281 g/mol. The number of nitrogens with zero attached hydrogens (tertiary/aromatic N) is 3. The SMILES string of the molecule is Cc1cc(C)nc(C2CCN(CCc3ccccc3)C2)n1. The van der Waals surface area contributed by atoms with E-state index in [2.05, 4.69) is 59.0 Å². The van der Waals surface area contributed by atoms with Crippen LogP contribution in [0.2, 0.25) is 0 Å². The molecule has 0 N–H and O–H groups in total. The topological polar surface area (TPSA) is 29.0 Å². The Hall–Kier alpha value is -1.74. The summed E-state index contributed by atoms with van der Waals surface area (Å²) in [5, 5.41) is 0. The van der Waals surface area contributed by atoms with Gasteiger partial charge in [-0.25, -0.2) is 9.97 Å². The smallest absolute Gasteiger partial charge is 0.133 e. The van der Waals surface area contributed by atoms with E-state index in [0.29, 0.717) is 5.92 Å². The molecule has 3 rings (SSSR count). The van der Waals surface area contributed by atoms with Gasteiger partial charge < -0.3 is 4.90 Å². The number of benzene rings is 1. The van der Waals surface area contributed by atoms with Crippen LogP contribution in [0.1, 0.15) is 35.1 Å². The number of aromatic nitrogens is 2. The monoisotopic (exact) mass is 281 g/mol. The van der Waals surface area contributed by atoms with Gasteiger partial charge in [0.1, 0.15) is 5.82 Å². The zero-order valence-electron chi connectivity index (χ0n) is 12.9. The molecule has 0 spiro atoms. The van der Waals surface area contributed by atoms with Crippen LogP contribution in [0.25, 0.3) is 0 Å². The molecule has 2 heterocycles. The van der Waals surface area contributed by atoms with Crippen LogP contribution in [0.5, 0.6) is 0 Å². The van der Waals surface area contributed by atoms with Gasteiger partial charge in [0.25, 0.3) is 0 Å². The van der Waals surface area contributed by atoms with Crippen molar-refractivity contribution in [2.45, 2.75) is 32.6 Å². The summed E-state index contributed by atoms with van der Waals surface area (Å²) in [6.45, 7) is 7.50. The van der Waals surface area contributed by atoms with Gasteiger partial charge in [0.2, 0.25) is 0 Å². The number of likely N-dealkylation sites (tertiary alicyclic amines) is 1. The first-order valence-corrected chi connectivity index (χ1v) is 7.79. The molecule has 0 amide bonds. The molecule has 3 nitrogen and oxygen atoms in total. The number of rotatable bonds is 4. The highest BCUT2D eigenvalue weighted by molar-refractivity contribution is 5.15. The van der Waals surface area contributed by atoms with E-state index in [4.69, 9.17) is 0 Å². The maximum absolute atomic E-state index is 4.63. The molecule has 3 heteroatoms. The molecule has 1 aliphatic rings. The summed E-state index contributed by atoms with van der Waals surface area (Å²) >= 11 is 0. The average Bonchev–Trinajstić information content (AvgIpc) is 2.94. The van der Waals surface area contributed by atoms with Gasteiger partial charge in [-0.05, 0) is 44.9 Å². The highest BCUT2D eigenvalue weighted by Gasteiger charge is 2.25. The predicted molar refractivity (Wildman–Crippen MR) is 85.5 cm³/mol. The maximum atomic E-state index is 4.63. The Morgan fingerprint density at radius 2 is 1.81 bits per heavy atom. The summed E-state index contributed by atoms with van der Waals surface area (Å²) in [5.41, 5.74) is 3.59. The molecule has 0 aliphatic carbocycles. The molecule has 1 aliphatic heterocycles. The summed E-state index contributed by atoms with van der Waals surface area (Å²) in [6, 6.07) is 12.8. The zero-order chi connectivity index (χ0) is 14.7. The van der Waals surface area contributed by atoms with E-state index in [1.807, 2.05) is 6.07 Å². The minimum absolute atomic E-state index is 0.499.